The molecule has 1 N–H and O–H groups in total. The molecule has 4 heteroatoms. The molecule has 0 unspecified atom stereocenters. The first-order chi connectivity index (χ1) is 12.3. The van der Waals surface area contributed by atoms with Crippen molar-refractivity contribution in [3.8, 4) is 0 Å². The van der Waals surface area contributed by atoms with Crippen LogP contribution in [-0.2, 0) is 11.2 Å². The summed E-state index contributed by atoms with van der Waals surface area (Å²) < 4.78 is 0. The summed E-state index contributed by atoms with van der Waals surface area (Å²) in [6, 6.07) is 10.7. The lowest BCUT2D eigenvalue weighted by Gasteiger charge is -2.34. The third kappa shape index (κ3) is 6.44. The molecule has 1 heterocycles. The first-order valence-electron chi connectivity index (χ1n) is 10.0. The normalized spacial score (nSPS) is 20.5. The summed E-state index contributed by atoms with van der Waals surface area (Å²) in [4.78, 5) is 17.0. The largest absolute Gasteiger partial charge is 0.355 e. The molecule has 3 rings (SSSR count). The summed E-state index contributed by atoms with van der Waals surface area (Å²) in [5.41, 5.74) is 1.41. The quantitative estimate of drug-likeness (QED) is 0.826. The van der Waals surface area contributed by atoms with Gasteiger partial charge < -0.3 is 10.2 Å². The average Bonchev–Trinajstić information content (AvgIpc) is 2.67. The monoisotopic (exact) mass is 343 g/mol. The average molecular weight is 344 g/mol. The molecular weight excluding hydrogens is 310 g/mol. The smallest absolute Gasteiger partial charge is 0.234 e. The van der Waals surface area contributed by atoms with E-state index in [0.29, 0.717) is 12.5 Å². The van der Waals surface area contributed by atoms with Crippen molar-refractivity contribution in [2.75, 3.05) is 45.8 Å². The lowest BCUT2D eigenvalue weighted by atomic mass is 9.89. The van der Waals surface area contributed by atoms with Gasteiger partial charge in [0.15, 0.2) is 0 Å². The Morgan fingerprint density at radius 1 is 0.960 bits per heavy atom. The summed E-state index contributed by atoms with van der Waals surface area (Å²) in [6.45, 7) is 6.73. The SMILES string of the molecule is O=C(CN1CCN(CCc2ccccc2)CC1)NCC1CCCCC1. The molecule has 1 aromatic carbocycles. The van der Waals surface area contributed by atoms with Gasteiger partial charge in [0.05, 0.1) is 6.54 Å². The first kappa shape index (κ1) is 18.4. The number of benzene rings is 1. The summed E-state index contributed by atoms with van der Waals surface area (Å²) in [5, 5.41) is 3.16. The fourth-order valence-corrected chi connectivity index (χ4v) is 4.01. The lowest BCUT2D eigenvalue weighted by Crippen LogP contribution is -2.50. The maximum Gasteiger partial charge on any atom is 0.234 e. The number of rotatable bonds is 7. The number of amides is 1. The predicted molar refractivity (Wildman–Crippen MR) is 103 cm³/mol. The fraction of sp³-hybridized carbons (Fsp3) is 0.667. The van der Waals surface area contributed by atoms with Crippen molar-refractivity contribution in [3.05, 3.63) is 35.9 Å². The van der Waals surface area contributed by atoms with Crippen molar-refractivity contribution in [3.63, 3.8) is 0 Å². The van der Waals surface area contributed by atoms with E-state index in [9.17, 15) is 4.79 Å². The van der Waals surface area contributed by atoms with E-state index in [2.05, 4.69) is 45.4 Å². The summed E-state index contributed by atoms with van der Waals surface area (Å²) in [6.07, 6.45) is 7.75. The lowest BCUT2D eigenvalue weighted by molar-refractivity contribution is -0.122. The number of carbonyl (C=O) groups is 1. The summed E-state index contributed by atoms with van der Waals surface area (Å²) >= 11 is 0. The van der Waals surface area contributed by atoms with E-state index in [1.54, 1.807) is 0 Å². The Labute approximate surface area is 152 Å². The van der Waals surface area contributed by atoms with Crippen LogP contribution in [0.3, 0.4) is 0 Å². The standard InChI is InChI=1S/C21H33N3O/c25-21(22-17-20-9-5-2-6-10-20)18-24-15-13-23(14-16-24)12-11-19-7-3-1-4-8-19/h1,3-4,7-8,20H,2,5-6,9-18H2,(H,22,25). The van der Waals surface area contributed by atoms with Crippen LogP contribution in [0.2, 0.25) is 0 Å². The number of hydrogen-bond donors (Lipinski definition) is 1. The van der Waals surface area contributed by atoms with Crippen molar-refractivity contribution in [1.82, 2.24) is 15.1 Å². The molecule has 1 saturated carbocycles. The van der Waals surface area contributed by atoms with E-state index in [-0.39, 0.29) is 5.91 Å². The molecule has 0 radical (unpaired) electrons. The number of hydrogen-bond acceptors (Lipinski definition) is 3. The Bertz CT molecular complexity index is 505. The van der Waals surface area contributed by atoms with Gasteiger partial charge in [-0.25, -0.2) is 0 Å². The second-order valence-corrected chi connectivity index (χ2v) is 7.66. The van der Waals surface area contributed by atoms with E-state index in [0.717, 1.165) is 45.7 Å². The summed E-state index contributed by atoms with van der Waals surface area (Å²) in [5.74, 6) is 0.927. The molecule has 4 nitrogen and oxygen atoms in total. The molecule has 2 aliphatic rings. The predicted octanol–water partition coefficient (Wildman–Crippen LogP) is 2.54. The van der Waals surface area contributed by atoms with Crippen LogP contribution < -0.4 is 5.32 Å². The topological polar surface area (TPSA) is 35.6 Å². The van der Waals surface area contributed by atoms with Gasteiger partial charge >= 0.3 is 0 Å². The minimum absolute atomic E-state index is 0.211. The minimum atomic E-state index is 0.211. The highest BCUT2D eigenvalue weighted by Gasteiger charge is 2.19. The third-order valence-electron chi connectivity index (χ3n) is 5.70. The van der Waals surface area contributed by atoms with Crippen molar-refractivity contribution in [2.24, 2.45) is 5.92 Å². The van der Waals surface area contributed by atoms with Crippen LogP contribution in [0.15, 0.2) is 30.3 Å². The molecule has 25 heavy (non-hydrogen) atoms. The van der Waals surface area contributed by atoms with Crippen molar-refractivity contribution >= 4 is 5.91 Å². The molecule has 2 fully saturated rings. The molecule has 1 saturated heterocycles. The highest BCUT2D eigenvalue weighted by molar-refractivity contribution is 5.78. The second kappa shape index (κ2) is 9.93. The Hall–Kier alpha value is -1.39. The Kier molecular flexibility index (Phi) is 7.31. The number of nitrogens with zero attached hydrogens (tertiary/aromatic N) is 2. The van der Waals surface area contributed by atoms with Crippen LogP contribution in [-0.4, -0.2) is 61.5 Å². The Balaban J connectivity index is 1.28. The van der Waals surface area contributed by atoms with Gasteiger partial charge in [-0.1, -0.05) is 49.6 Å². The van der Waals surface area contributed by atoms with Gasteiger partial charge in [-0.05, 0) is 30.7 Å². The molecular formula is C21H33N3O. The van der Waals surface area contributed by atoms with Gasteiger partial charge in [0.1, 0.15) is 0 Å². The maximum atomic E-state index is 12.2. The van der Waals surface area contributed by atoms with Crippen LogP contribution >= 0.6 is 0 Å². The van der Waals surface area contributed by atoms with Gasteiger partial charge in [0.2, 0.25) is 5.91 Å². The van der Waals surface area contributed by atoms with Gasteiger partial charge in [-0.15, -0.1) is 0 Å². The third-order valence-corrected chi connectivity index (χ3v) is 5.70. The zero-order valence-electron chi connectivity index (χ0n) is 15.5. The van der Waals surface area contributed by atoms with Gasteiger partial charge in [0.25, 0.3) is 0 Å². The summed E-state index contributed by atoms with van der Waals surface area (Å²) in [7, 11) is 0. The highest BCUT2D eigenvalue weighted by Crippen LogP contribution is 2.22. The van der Waals surface area contributed by atoms with E-state index in [1.807, 2.05) is 0 Å². The molecule has 0 spiro atoms. The Morgan fingerprint density at radius 3 is 2.36 bits per heavy atom. The van der Waals surface area contributed by atoms with Gasteiger partial charge in [-0.3, -0.25) is 9.69 Å². The molecule has 138 valence electrons. The first-order valence-corrected chi connectivity index (χ1v) is 10.0. The van der Waals surface area contributed by atoms with Crippen LogP contribution in [0.1, 0.15) is 37.7 Å². The van der Waals surface area contributed by atoms with E-state index in [4.69, 9.17) is 0 Å². The van der Waals surface area contributed by atoms with Crippen molar-refractivity contribution in [1.29, 1.82) is 0 Å². The highest BCUT2D eigenvalue weighted by atomic mass is 16.2. The fourth-order valence-electron chi connectivity index (χ4n) is 4.01. The molecule has 0 atom stereocenters. The molecule has 1 amide bonds. The van der Waals surface area contributed by atoms with E-state index >= 15 is 0 Å². The number of carbonyl (C=O) groups excluding carboxylic acids is 1. The van der Waals surface area contributed by atoms with Crippen LogP contribution in [0, 0.1) is 5.92 Å². The van der Waals surface area contributed by atoms with Crippen molar-refractivity contribution < 1.29 is 4.79 Å². The second-order valence-electron chi connectivity index (χ2n) is 7.66. The Morgan fingerprint density at radius 2 is 1.64 bits per heavy atom. The molecule has 1 aliphatic carbocycles. The molecule has 1 aromatic rings. The molecule has 0 bridgehead atoms. The minimum Gasteiger partial charge on any atom is -0.355 e. The van der Waals surface area contributed by atoms with Crippen LogP contribution in [0.25, 0.3) is 0 Å². The molecule has 0 aromatic heterocycles. The zero-order chi connectivity index (χ0) is 17.3. The number of nitrogens with one attached hydrogen (secondary N) is 1. The van der Waals surface area contributed by atoms with Crippen LogP contribution in [0.5, 0.6) is 0 Å². The zero-order valence-corrected chi connectivity index (χ0v) is 15.5. The van der Waals surface area contributed by atoms with Gasteiger partial charge in [0, 0.05) is 39.3 Å². The van der Waals surface area contributed by atoms with Crippen molar-refractivity contribution in [2.45, 2.75) is 38.5 Å². The van der Waals surface area contributed by atoms with Crippen LogP contribution in [0.4, 0.5) is 0 Å². The van der Waals surface area contributed by atoms with E-state index < -0.39 is 0 Å². The van der Waals surface area contributed by atoms with E-state index in [1.165, 1.54) is 37.7 Å². The maximum absolute atomic E-state index is 12.2. The molecule has 1 aliphatic heterocycles. The van der Waals surface area contributed by atoms with Gasteiger partial charge in [-0.2, -0.15) is 0 Å². The number of piperazine rings is 1.